The Morgan fingerprint density at radius 2 is 2.18 bits per heavy atom. The van der Waals surface area contributed by atoms with Crippen LogP contribution in [0.25, 0.3) is 0 Å². The maximum atomic E-state index is 11.9. The number of carbonyl (C=O) groups is 2. The molecular formula is C12H22N2O3. The smallest absolute Gasteiger partial charge is 0.310 e. The number of hydrogen-bond acceptors (Lipinski definition) is 4. The van der Waals surface area contributed by atoms with Crippen molar-refractivity contribution in [1.82, 2.24) is 4.90 Å². The average Bonchev–Trinajstić information content (AvgIpc) is 2.37. The third-order valence-electron chi connectivity index (χ3n) is 3.11. The second-order valence-corrected chi connectivity index (χ2v) is 4.39. The molecule has 0 spiro atoms. The van der Waals surface area contributed by atoms with Gasteiger partial charge in [0.05, 0.1) is 18.6 Å². The molecule has 5 heteroatoms. The van der Waals surface area contributed by atoms with Gasteiger partial charge in [0.1, 0.15) is 0 Å². The number of ether oxygens (including phenoxy) is 1. The maximum absolute atomic E-state index is 11.9. The van der Waals surface area contributed by atoms with Gasteiger partial charge in [-0.15, -0.1) is 0 Å². The molecule has 2 atom stereocenters. The highest BCUT2D eigenvalue weighted by Gasteiger charge is 2.30. The molecule has 1 amide bonds. The number of nitrogens with zero attached hydrogens (tertiary/aromatic N) is 1. The Kier molecular flexibility index (Phi) is 5.41. The van der Waals surface area contributed by atoms with Crippen LogP contribution in [-0.2, 0) is 14.3 Å². The Hall–Kier alpha value is -1.10. The molecule has 0 aromatic heterocycles. The van der Waals surface area contributed by atoms with Crippen molar-refractivity contribution < 1.29 is 14.3 Å². The summed E-state index contributed by atoms with van der Waals surface area (Å²) >= 11 is 0. The zero-order chi connectivity index (χ0) is 12.8. The Morgan fingerprint density at radius 1 is 1.47 bits per heavy atom. The van der Waals surface area contributed by atoms with Gasteiger partial charge < -0.3 is 15.4 Å². The number of carbonyl (C=O) groups excluding carboxylic acids is 2. The van der Waals surface area contributed by atoms with Crippen molar-refractivity contribution >= 4 is 11.9 Å². The molecule has 2 N–H and O–H groups in total. The van der Waals surface area contributed by atoms with Gasteiger partial charge in [0, 0.05) is 13.1 Å². The van der Waals surface area contributed by atoms with Gasteiger partial charge in [-0.05, 0) is 26.2 Å². The molecule has 1 aliphatic heterocycles. The van der Waals surface area contributed by atoms with Crippen molar-refractivity contribution in [2.45, 2.75) is 39.2 Å². The van der Waals surface area contributed by atoms with Crippen molar-refractivity contribution in [3.05, 3.63) is 0 Å². The molecule has 0 aromatic rings. The largest absolute Gasteiger partial charge is 0.466 e. The minimum Gasteiger partial charge on any atom is -0.466 e. The van der Waals surface area contributed by atoms with Gasteiger partial charge in [0.2, 0.25) is 5.91 Å². The molecule has 1 fully saturated rings. The highest BCUT2D eigenvalue weighted by Crippen LogP contribution is 2.18. The maximum Gasteiger partial charge on any atom is 0.310 e. The second-order valence-electron chi connectivity index (χ2n) is 4.39. The van der Waals surface area contributed by atoms with Crippen molar-refractivity contribution in [3.63, 3.8) is 0 Å². The van der Waals surface area contributed by atoms with Crippen LogP contribution in [0.5, 0.6) is 0 Å². The zero-order valence-corrected chi connectivity index (χ0v) is 10.6. The zero-order valence-electron chi connectivity index (χ0n) is 10.6. The third kappa shape index (κ3) is 3.70. The summed E-state index contributed by atoms with van der Waals surface area (Å²) in [5.41, 5.74) is 5.72. The number of esters is 1. The van der Waals surface area contributed by atoms with Gasteiger partial charge in [-0.3, -0.25) is 9.59 Å². The lowest BCUT2D eigenvalue weighted by Gasteiger charge is -2.33. The molecule has 1 rings (SSSR count). The van der Waals surface area contributed by atoms with E-state index in [1.54, 1.807) is 11.8 Å². The monoisotopic (exact) mass is 242 g/mol. The van der Waals surface area contributed by atoms with Crippen LogP contribution in [0.3, 0.4) is 0 Å². The summed E-state index contributed by atoms with van der Waals surface area (Å²) in [6, 6.07) is -0.448. The van der Waals surface area contributed by atoms with E-state index in [4.69, 9.17) is 10.5 Å². The van der Waals surface area contributed by atoms with Gasteiger partial charge in [-0.1, -0.05) is 6.92 Å². The summed E-state index contributed by atoms with van der Waals surface area (Å²) in [6.07, 6.45) is 2.26. The fourth-order valence-electron chi connectivity index (χ4n) is 2.04. The summed E-state index contributed by atoms with van der Waals surface area (Å²) < 4.78 is 4.99. The molecule has 5 nitrogen and oxygen atoms in total. The number of rotatable bonds is 4. The molecule has 0 bridgehead atoms. The van der Waals surface area contributed by atoms with Crippen molar-refractivity contribution in [2.75, 3.05) is 19.7 Å². The number of nitrogens with two attached hydrogens (primary N) is 1. The van der Waals surface area contributed by atoms with Crippen LogP contribution >= 0.6 is 0 Å². The summed E-state index contributed by atoms with van der Waals surface area (Å²) in [4.78, 5) is 25.2. The Labute approximate surface area is 102 Å². The third-order valence-corrected chi connectivity index (χ3v) is 3.11. The molecule has 1 heterocycles. The van der Waals surface area contributed by atoms with Gasteiger partial charge >= 0.3 is 5.97 Å². The Morgan fingerprint density at radius 3 is 2.76 bits per heavy atom. The fraction of sp³-hybridized carbons (Fsp3) is 0.833. The van der Waals surface area contributed by atoms with E-state index in [9.17, 15) is 9.59 Å². The number of amides is 1. The first-order valence-electron chi connectivity index (χ1n) is 6.31. The van der Waals surface area contributed by atoms with Crippen LogP contribution < -0.4 is 5.73 Å². The van der Waals surface area contributed by atoms with Gasteiger partial charge in [-0.2, -0.15) is 0 Å². The molecule has 17 heavy (non-hydrogen) atoms. The average molecular weight is 242 g/mol. The predicted octanol–water partition coefficient (Wildman–Crippen LogP) is 0.525. The van der Waals surface area contributed by atoms with E-state index in [2.05, 4.69) is 0 Å². The summed E-state index contributed by atoms with van der Waals surface area (Å²) in [5.74, 6) is -0.437. The van der Waals surface area contributed by atoms with E-state index in [0.717, 1.165) is 12.8 Å². The summed E-state index contributed by atoms with van der Waals surface area (Å²) in [7, 11) is 0. The van der Waals surface area contributed by atoms with E-state index in [1.165, 1.54) is 0 Å². The topological polar surface area (TPSA) is 72.6 Å². The highest BCUT2D eigenvalue weighted by molar-refractivity contribution is 5.82. The highest BCUT2D eigenvalue weighted by atomic mass is 16.5. The standard InChI is InChI=1S/C12H22N2O3/c1-3-10(13)11(15)14-7-5-6-9(8-14)12(16)17-4-2/h9-10H,3-8,13H2,1-2H3/t9?,10-/m0/s1. The number of hydrogen-bond donors (Lipinski definition) is 1. The van der Waals surface area contributed by atoms with Crippen LogP contribution in [0.15, 0.2) is 0 Å². The lowest BCUT2D eigenvalue weighted by Crippen LogP contribution is -2.49. The summed E-state index contributed by atoms with van der Waals surface area (Å²) in [5, 5.41) is 0. The normalized spacial score (nSPS) is 22.1. The first-order chi connectivity index (χ1) is 8.10. The fourth-order valence-corrected chi connectivity index (χ4v) is 2.04. The minimum atomic E-state index is -0.448. The van der Waals surface area contributed by atoms with Gasteiger partial charge in [0.25, 0.3) is 0 Å². The lowest BCUT2D eigenvalue weighted by molar-refractivity contribution is -0.151. The SMILES string of the molecule is CCOC(=O)C1CCCN(C(=O)[C@@H](N)CC)C1. The quantitative estimate of drug-likeness (QED) is 0.730. The van der Waals surface area contributed by atoms with E-state index in [0.29, 0.717) is 26.1 Å². The van der Waals surface area contributed by atoms with Crippen molar-refractivity contribution in [2.24, 2.45) is 11.7 Å². The van der Waals surface area contributed by atoms with Crippen molar-refractivity contribution in [1.29, 1.82) is 0 Å². The molecule has 1 saturated heterocycles. The molecule has 1 unspecified atom stereocenters. The van der Waals surface area contributed by atoms with Gasteiger partial charge in [0.15, 0.2) is 0 Å². The number of likely N-dealkylation sites (tertiary alicyclic amines) is 1. The molecule has 1 aliphatic rings. The van der Waals surface area contributed by atoms with E-state index >= 15 is 0 Å². The van der Waals surface area contributed by atoms with Crippen LogP contribution in [0, 0.1) is 5.92 Å². The van der Waals surface area contributed by atoms with Crippen LogP contribution in [-0.4, -0.2) is 42.5 Å². The molecular weight excluding hydrogens is 220 g/mol. The Bertz CT molecular complexity index is 281. The molecule has 98 valence electrons. The molecule has 0 aliphatic carbocycles. The van der Waals surface area contributed by atoms with E-state index < -0.39 is 6.04 Å². The Balaban J connectivity index is 2.54. The minimum absolute atomic E-state index is 0.0542. The lowest BCUT2D eigenvalue weighted by atomic mass is 9.97. The van der Waals surface area contributed by atoms with Crippen LogP contribution in [0.1, 0.15) is 33.1 Å². The second kappa shape index (κ2) is 6.59. The first kappa shape index (κ1) is 14.0. The molecule has 0 saturated carbocycles. The first-order valence-corrected chi connectivity index (χ1v) is 6.31. The van der Waals surface area contributed by atoms with Crippen LogP contribution in [0.2, 0.25) is 0 Å². The van der Waals surface area contributed by atoms with Crippen LogP contribution in [0.4, 0.5) is 0 Å². The van der Waals surface area contributed by atoms with Gasteiger partial charge in [-0.25, -0.2) is 0 Å². The molecule has 0 aromatic carbocycles. The predicted molar refractivity (Wildman–Crippen MR) is 64.2 cm³/mol. The molecule has 0 radical (unpaired) electrons. The van der Waals surface area contributed by atoms with E-state index in [-0.39, 0.29) is 17.8 Å². The van der Waals surface area contributed by atoms with Crippen molar-refractivity contribution in [3.8, 4) is 0 Å². The van der Waals surface area contributed by atoms with E-state index in [1.807, 2.05) is 6.92 Å². The summed E-state index contributed by atoms with van der Waals surface area (Å²) in [6.45, 7) is 5.21. The number of piperidine rings is 1.